The molecule has 16 heteroatoms. The predicted octanol–water partition coefficient (Wildman–Crippen LogP) is -0.970. The van der Waals surface area contributed by atoms with Gasteiger partial charge in [0.15, 0.2) is 0 Å². The molecule has 0 bridgehead atoms. The van der Waals surface area contributed by atoms with Crippen molar-refractivity contribution in [1.29, 1.82) is 0 Å². The Balaban J connectivity index is 1.86. The molecule has 2 aromatic rings. The van der Waals surface area contributed by atoms with E-state index in [1.165, 1.54) is 43.3 Å². The Morgan fingerprint density at radius 1 is 1.09 bits per heavy atom. The number of esters is 1. The molecule has 43 heavy (non-hydrogen) atoms. The van der Waals surface area contributed by atoms with Gasteiger partial charge in [-0.05, 0) is 36.8 Å². The molecule has 230 valence electrons. The summed E-state index contributed by atoms with van der Waals surface area (Å²) in [5, 5.41) is 35.4. The normalized spacial score (nSPS) is 18.1. The smallest absolute Gasteiger partial charge is 0.338 e. The first kappa shape index (κ1) is 32.4. The average Bonchev–Trinajstić information content (AvgIpc) is 3.39. The van der Waals surface area contributed by atoms with Gasteiger partial charge in [0.2, 0.25) is 17.7 Å². The number of nitrogens with one attached hydrogen (secondary N) is 3. The van der Waals surface area contributed by atoms with E-state index in [1.807, 2.05) is 5.43 Å². The van der Waals surface area contributed by atoms with Crippen molar-refractivity contribution in [2.24, 2.45) is 5.84 Å². The average molecular weight is 601 g/mol. The number of nitrogens with zero attached hydrogens (tertiary/aromatic N) is 2. The number of aliphatic hydroxyl groups is 1. The van der Waals surface area contributed by atoms with Gasteiger partial charge in [0, 0.05) is 31.9 Å². The molecule has 1 aliphatic rings. The van der Waals surface area contributed by atoms with E-state index in [9.17, 15) is 44.3 Å². The fourth-order valence-electron chi connectivity index (χ4n) is 4.56. The van der Waals surface area contributed by atoms with Crippen LogP contribution in [0.1, 0.15) is 36.2 Å². The summed E-state index contributed by atoms with van der Waals surface area (Å²) in [5.74, 6) is 1.47. The number of phenolic OH excluding ortho intramolecular Hbond substituents is 1. The van der Waals surface area contributed by atoms with Crippen LogP contribution in [-0.4, -0.2) is 86.5 Å². The monoisotopic (exact) mass is 600 g/mol. The fraction of sp³-hybridized carbons (Fsp3) is 0.370. The van der Waals surface area contributed by atoms with Gasteiger partial charge < -0.3 is 30.5 Å². The largest absolute Gasteiger partial charge is 0.508 e. The molecular formula is C27H32N6O10. The van der Waals surface area contributed by atoms with E-state index in [0.29, 0.717) is 5.56 Å². The number of amides is 4. The summed E-state index contributed by atoms with van der Waals surface area (Å²) in [4.78, 5) is 75.3. The van der Waals surface area contributed by atoms with Crippen LogP contribution < -0.4 is 21.9 Å². The first-order valence-electron chi connectivity index (χ1n) is 13.1. The van der Waals surface area contributed by atoms with Crippen molar-refractivity contribution in [3.05, 3.63) is 69.8 Å². The molecule has 7 N–H and O–H groups in total. The maximum absolute atomic E-state index is 13.9. The van der Waals surface area contributed by atoms with E-state index in [4.69, 9.17) is 10.6 Å². The number of nitro benzene ring substituents is 1. The van der Waals surface area contributed by atoms with E-state index in [2.05, 4.69) is 10.6 Å². The van der Waals surface area contributed by atoms with Crippen LogP contribution in [0.5, 0.6) is 5.75 Å². The molecule has 2 aromatic carbocycles. The lowest BCUT2D eigenvalue weighted by Gasteiger charge is -2.30. The number of carbonyl (C=O) groups excluding carboxylic acids is 5. The Kier molecular flexibility index (Phi) is 10.7. The molecule has 4 amide bonds. The van der Waals surface area contributed by atoms with Crippen LogP contribution in [0.4, 0.5) is 5.69 Å². The molecule has 16 nitrogen and oxygen atoms in total. The van der Waals surface area contributed by atoms with E-state index >= 15 is 0 Å². The van der Waals surface area contributed by atoms with Crippen LogP contribution in [0.3, 0.4) is 0 Å². The molecule has 3 rings (SSSR count). The van der Waals surface area contributed by atoms with Gasteiger partial charge in [-0.1, -0.05) is 12.1 Å². The van der Waals surface area contributed by atoms with Gasteiger partial charge in [-0.15, -0.1) is 0 Å². The van der Waals surface area contributed by atoms with Crippen molar-refractivity contribution in [3.8, 4) is 5.75 Å². The number of aromatic hydroxyl groups is 1. The first-order chi connectivity index (χ1) is 20.3. The molecule has 0 radical (unpaired) electrons. The second-order valence-electron chi connectivity index (χ2n) is 9.93. The minimum Gasteiger partial charge on any atom is -0.508 e. The fourth-order valence-corrected chi connectivity index (χ4v) is 4.56. The molecular weight excluding hydrogens is 568 g/mol. The lowest BCUT2D eigenvalue weighted by atomic mass is 10.0. The van der Waals surface area contributed by atoms with Gasteiger partial charge in [-0.3, -0.25) is 34.7 Å². The van der Waals surface area contributed by atoms with E-state index in [-0.39, 0.29) is 36.4 Å². The third kappa shape index (κ3) is 8.46. The Hall–Kier alpha value is -5.09. The number of nitro groups is 1. The second-order valence-corrected chi connectivity index (χ2v) is 9.93. The number of hydrogen-bond donors (Lipinski definition) is 6. The number of ether oxygens (including phenoxy) is 1. The van der Waals surface area contributed by atoms with Gasteiger partial charge in [-0.25, -0.2) is 10.6 Å². The highest BCUT2D eigenvalue weighted by atomic mass is 16.6. The molecule has 1 aliphatic heterocycles. The number of nitrogens with two attached hydrogens (primary N) is 1. The van der Waals surface area contributed by atoms with Gasteiger partial charge in [-0.2, -0.15) is 0 Å². The maximum Gasteiger partial charge on any atom is 0.338 e. The number of aliphatic hydroxyl groups excluding tert-OH is 1. The number of hydrogen-bond acceptors (Lipinski definition) is 11. The van der Waals surface area contributed by atoms with Gasteiger partial charge in [0.25, 0.3) is 11.6 Å². The van der Waals surface area contributed by atoms with Crippen molar-refractivity contribution in [2.75, 3.05) is 6.54 Å². The van der Waals surface area contributed by atoms with Gasteiger partial charge in [0.1, 0.15) is 30.0 Å². The molecule has 0 spiro atoms. The Morgan fingerprint density at radius 2 is 1.72 bits per heavy atom. The Bertz CT molecular complexity index is 1370. The lowest BCUT2D eigenvalue weighted by Crippen LogP contribution is -2.59. The number of carbonyl (C=O) groups is 5. The van der Waals surface area contributed by atoms with Crippen molar-refractivity contribution in [1.82, 2.24) is 21.0 Å². The first-order valence-corrected chi connectivity index (χ1v) is 13.1. The molecule has 1 fully saturated rings. The number of benzene rings is 2. The molecule has 0 aromatic heterocycles. The lowest BCUT2D eigenvalue weighted by molar-refractivity contribution is -0.384. The van der Waals surface area contributed by atoms with Gasteiger partial charge in [0.05, 0.1) is 23.1 Å². The van der Waals surface area contributed by atoms with Crippen molar-refractivity contribution in [2.45, 2.75) is 57.0 Å². The van der Waals surface area contributed by atoms with E-state index < -0.39 is 64.9 Å². The summed E-state index contributed by atoms with van der Waals surface area (Å²) >= 11 is 0. The highest BCUT2D eigenvalue weighted by Gasteiger charge is 2.44. The minimum atomic E-state index is -1.40. The van der Waals surface area contributed by atoms with Crippen LogP contribution in [-0.2, 0) is 30.3 Å². The number of hydrazine groups is 1. The van der Waals surface area contributed by atoms with Crippen LogP contribution in [0.15, 0.2) is 48.5 Å². The van der Waals surface area contributed by atoms with Crippen LogP contribution >= 0.6 is 0 Å². The third-order valence-electron chi connectivity index (χ3n) is 6.69. The highest BCUT2D eigenvalue weighted by Crippen LogP contribution is 2.24. The maximum atomic E-state index is 13.9. The summed E-state index contributed by atoms with van der Waals surface area (Å²) in [6.07, 6.45) is -2.56. The van der Waals surface area contributed by atoms with E-state index in [1.54, 1.807) is 0 Å². The number of likely N-dealkylation sites (tertiary alicyclic amines) is 1. The summed E-state index contributed by atoms with van der Waals surface area (Å²) in [6.45, 7) is 2.17. The minimum absolute atomic E-state index is 0.00908. The van der Waals surface area contributed by atoms with Crippen LogP contribution in [0.2, 0.25) is 0 Å². The molecule has 5 atom stereocenters. The molecule has 0 aliphatic carbocycles. The number of non-ortho nitro benzene ring substituents is 1. The zero-order valence-corrected chi connectivity index (χ0v) is 23.3. The van der Waals surface area contributed by atoms with Gasteiger partial charge >= 0.3 is 5.97 Å². The number of rotatable bonds is 11. The number of phenols is 1. The molecule has 0 saturated carbocycles. The third-order valence-corrected chi connectivity index (χ3v) is 6.69. The SMILES string of the molecule is CC(=O)N[C@H](C(=O)N[C@@H](Cc1ccc(O)cc1)C(=O)N1C[C@@H](OC(=O)c2ccc([N+](=O)[O-])cc2)C[C@H]1C(=O)NN)[C@@H](C)O. The predicted molar refractivity (Wildman–Crippen MR) is 148 cm³/mol. The van der Waals surface area contributed by atoms with Crippen molar-refractivity contribution in [3.63, 3.8) is 0 Å². The van der Waals surface area contributed by atoms with Crippen molar-refractivity contribution < 1.29 is 43.8 Å². The van der Waals surface area contributed by atoms with E-state index in [0.717, 1.165) is 24.0 Å². The van der Waals surface area contributed by atoms with Crippen LogP contribution in [0, 0.1) is 10.1 Å². The molecule has 1 saturated heterocycles. The van der Waals surface area contributed by atoms with Crippen molar-refractivity contribution >= 4 is 35.3 Å². The van der Waals surface area contributed by atoms with Crippen LogP contribution in [0.25, 0.3) is 0 Å². The topological polar surface area (TPSA) is 244 Å². The molecule has 1 heterocycles. The zero-order valence-electron chi connectivity index (χ0n) is 23.3. The summed E-state index contributed by atoms with van der Waals surface area (Å²) in [5.41, 5.74) is 2.27. The summed E-state index contributed by atoms with van der Waals surface area (Å²) < 4.78 is 5.49. The summed E-state index contributed by atoms with van der Waals surface area (Å²) in [7, 11) is 0. The quantitative estimate of drug-likeness (QED) is 0.0602. The second kappa shape index (κ2) is 14.2. The Labute approximate surface area is 245 Å². The highest BCUT2D eigenvalue weighted by molar-refractivity contribution is 5.95. The summed E-state index contributed by atoms with van der Waals surface area (Å²) in [6, 6.07) is 6.54. The standard InChI is InChI=1S/C27H32N6O10/c1-14(34)23(29-15(2)35)25(38)30-21(11-16-3-9-19(36)10-4-16)26(39)32-13-20(12-22(32)24(37)31-28)43-27(40)17-5-7-18(8-6-17)33(41)42/h3-10,14,20-23,34,36H,11-13,28H2,1-2H3,(H,29,35)(H,30,38)(H,31,37)/t14-,20+,21+,22+,23+/m1/s1. The zero-order chi connectivity index (χ0) is 31.8. The Morgan fingerprint density at radius 3 is 2.26 bits per heavy atom. The molecule has 0 unspecified atom stereocenters.